The Labute approximate surface area is 124 Å². The van der Waals surface area contributed by atoms with Crippen LogP contribution < -0.4 is 16.9 Å². The molecule has 0 saturated heterocycles. The number of hydrazine groups is 1. The summed E-state index contributed by atoms with van der Waals surface area (Å²) in [6.07, 6.45) is 1.51. The molecule has 110 valence electrons. The molecule has 9 heteroatoms. The SMILES string of the molecule is C=Cc1cccc2c1C(=O)N(Nc1nc(N)nc(N)n1)C2=O. The highest BCUT2D eigenvalue weighted by molar-refractivity contribution is 6.23. The number of amides is 2. The number of anilines is 3. The topological polar surface area (TPSA) is 140 Å². The molecule has 0 spiro atoms. The largest absolute Gasteiger partial charge is 0.368 e. The number of hydrogen-bond donors (Lipinski definition) is 3. The van der Waals surface area contributed by atoms with Gasteiger partial charge in [0.2, 0.25) is 17.8 Å². The fourth-order valence-corrected chi connectivity index (χ4v) is 2.14. The molecule has 1 aromatic carbocycles. The van der Waals surface area contributed by atoms with Crippen LogP contribution in [0.2, 0.25) is 0 Å². The van der Waals surface area contributed by atoms with Crippen molar-refractivity contribution < 1.29 is 9.59 Å². The summed E-state index contributed by atoms with van der Waals surface area (Å²) in [5.41, 5.74) is 14.5. The number of aromatic nitrogens is 3. The van der Waals surface area contributed by atoms with Crippen molar-refractivity contribution in [1.29, 1.82) is 0 Å². The van der Waals surface area contributed by atoms with Crippen LogP contribution in [0, 0.1) is 0 Å². The molecule has 0 saturated carbocycles. The number of nitrogens with one attached hydrogen (secondary N) is 1. The predicted octanol–water partition coefficient (Wildman–Crippen LogP) is 0.302. The van der Waals surface area contributed by atoms with E-state index in [0.717, 1.165) is 5.01 Å². The summed E-state index contributed by atoms with van der Waals surface area (Å²) in [5, 5.41) is 0.797. The Hall–Kier alpha value is -3.49. The molecule has 5 N–H and O–H groups in total. The Morgan fingerprint density at radius 3 is 2.41 bits per heavy atom. The van der Waals surface area contributed by atoms with Gasteiger partial charge < -0.3 is 11.5 Å². The molecule has 2 amide bonds. The second kappa shape index (κ2) is 4.81. The number of rotatable bonds is 3. The van der Waals surface area contributed by atoms with Gasteiger partial charge in [0.15, 0.2) is 0 Å². The molecule has 1 aliphatic rings. The number of carbonyl (C=O) groups excluding carboxylic acids is 2. The van der Waals surface area contributed by atoms with E-state index in [9.17, 15) is 9.59 Å². The van der Waals surface area contributed by atoms with Crippen molar-refractivity contribution in [2.45, 2.75) is 0 Å². The second-order valence-electron chi connectivity index (χ2n) is 4.41. The number of carbonyl (C=O) groups is 2. The normalized spacial score (nSPS) is 13.2. The lowest BCUT2D eigenvalue weighted by molar-refractivity contribution is 0.0689. The van der Waals surface area contributed by atoms with Crippen LogP contribution in [0.15, 0.2) is 24.8 Å². The minimum atomic E-state index is -0.534. The van der Waals surface area contributed by atoms with Crippen molar-refractivity contribution in [2.75, 3.05) is 16.9 Å². The molecule has 0 fully saturated rings. The van der Waals surface area contributed by atoms with Gasteiger partial charge in [-0.1, -0.05) is 24.8 Å². The number of benzene rings is 1. The molecule has 0 radical (unpaired) electrons. The first-order valence-electron chi connectivity index (χ1n) is 6.19. The van der Waals surface area contributed by atoms with Crippen LogP contribution >= 0.6 is 0 Å². The fourth-order valence-electron chi connectivity index (χ4n) is 2.14. The summed E-state index contributed by atoms with van der Waals surface area (Å²) in [7, 11) is 0. The third kappa shape index (κ3) is 2.00. The Balaban J connectivity index is 1.99. The van der Waals surface area contributed by atoms with E-state index in [1.165, 1.54) is 6.08 Å². The number of nitrogens with zero attached hydrogens (tertiary/aromatic N) is 4. The Morgan fingerprint density at radius 2 is 1.77 bits per heavy atom. The molecule has 9 nitrogen and oxygen atoms in total. The lowest BCUT2D eigenvalue weighted by atomic mass is 10.0. The zero-order valence-corrected chi connectivity index (χ0v) is 11.3. The molecule has 2 heterocycles. The summed E-state index contributed by atoms with van der Waals surface area (Å²) in [6, 6.07) is 4.92. The Bertz CT molecular complexity index is 798. The van der Waals surface area contributed by atoms with Crippen LogP contribution in [0.5, 0.6) is 0 Å². The summed E-state index contributed by atoms with van der Waals surface area (Å²) in [4.78, 5) is 35.9. The van der Waals surface area contributed by atoms with Gasteiger partial charge in [0, 0.05) is 0 Å². The fraction of sp³-hybridized carbons (Fsp3) is 0. The van der Waals surface area contributed by atoms with Crippen LogP contribution in [0.3, 0.4) is 0 Å². The minimum Gasteiger partial charge on any atom is -0.368 e. The highest BCUT2D eigenvalue weighted by Gasteiger charge is 2.37. The van der Waals surface area contributed by atoms with Gasteiger partial charge in [0.25, 0.3) is 11.8 Å². The van der Waals surface area contributed by atoms with E-state index >= 15 is 0 Å². The molecule has 2 aromatic rings. The minimum absolute atomic E-state index is 0.0975. The maximum absolute atomic E-state index is 12.4. The Kier molecular flexibility index (Phi) is 2.95. The highest BCUT2D eigenvalue weighted by atomic mass is 16.2. The van der Waals surface area contributed by atoms with E-state index in [1.54, 1.807) is 18.2 Å². The number of fused-ring (bicyclic) bond motifs is 1. The van der Waals surface area contributed by atoms with E-state index in [4.69, 9.17) is 11.5 Å². The quantitative estimate of drug-likeness (QED) is 0.687. The number of nitrogen functional groups attached to an aromatic ring is 2. The lowest BCUT2D eigenvalue weighted by Crippen LogP contribution is -2.36. The molecule has 22 heavy (non-hydrogen) atoms. The zero-order valence-electron chi connectivity index (χ0n) is 11.3. The predicted molar refractivity (Wildman–Crippen MR) is 79.3 cm³/mol. The average Bonchev–Trinajstić information content (AvgIpc) is 2.71. The number of nitrogens with two attached hydrogens (primary N) is 2. The van der Waals surface area contributed by atoms with E-state index in [1.807, 2.05) is 0 Å². The molecule has 1 aliphatic heterocycles. The molecule has 0 unspecified atom stereocenters. The summed E-state index contributed by atoms with van der Waals surface area (Å²) in [5.74, 6) is -1.41. The molecule has 0 aliphatic carbocycles. The first kappa shape index (κ1) is 13.5. The zero-order chi connectivity index (χ0) is 15.9. The first-order valence-corrected chi connectivity index (χ1v) is 6.19. The maximum atomic E-state index is 12.4. The second-order valence-corrected chi connectivity index (χ2v) is 4.41. The van der Waals surface area contributed by atoms with Gasteiger partial charge in [-0.3, -0.25) is 15.0 Å². The van der Waals surface area contributed by atoms with Gasteiger partial charge in [-0.15, -0.1) is 0 Å². The standard InChI is InChI=1S/C13H11N7O2/c1-2-6-4-3-5-7-8(6)10(22)20(9(7)21)19-13-17-11(14)16-12(15)18-13/h2-5H,1H2,(H5,14,15,16,17,18,19). The first-order chi connectivity index (χ1) is 10.5. The van der Waals surface area contributed by atoms with Gasteiger partial charge in [-0.25, -0.2) is 0 Å². The molecular formula is C13H11N7O2. The molecule has 0 atom stereocenters. The van der Waals surface area contributed by atoms with Crippen molar-refractivity contribution in [3.63, 3.8) is 0 Å². The van der Waals surface area contributed by atoms with Crippen molar-refractivity contribution in [2.24, 2.45) is 0 Å². The summed E-state index contributed by atoms with van der Waals surface area (Å²) < 4.78 is 0. The Morgan fingerprint density at radius 1 is 1.09 bits per heavy atom. The summed E-state index contributed by atoms with van der Waals surface area (Å²) in [6.45, 7) is 3.63. The van der Waals surface area contributed by atoms with Gasteiger partial charge in [0.1, 0.15) is 0 Å². The number of hydrogen-bond acceptors (Lipinski definition) is 8. The van der Waals surface area contributed by atoms with Gasteiger partial charge in [0.05, 0.1) is 11.1 Å². The lowest BCUT2D eigenvalue weighted by Gasteiger charge is -2.14. The maximum Gasteiger partial charge on any atom is 0.281 e. The van der Waals surface area contributed by atoms with E-state index in [-0.39, 0.29) is 29.0 Å². The molecule has 3 rings (SSSR count). The van der Waals surface area contributed by atoms with E-state index in [0.29, 0.717) is 5.56 Å². The number of imide groups is 1. The van der Waals surface area contributed by atoms with Crippen LogP contribution in [-0.4, -0.2) is 31.8 Å². The molecule has 0 bridgehead atoms. The summed E-state index contributed by atoms with van der Waals surface area (Å²) >= 11 is 0. The average molecular weight is 297 g/mol. The van der Waals surface area contributed by atoms with Crippen molar-refractivity contribution >= 4 is 35.7 Å². The third-order valence-electron chi connectivity index (χ3n) is 3.05. The van der Waals surface area contributed by atoms with Crippen LogP contribution in [0.25, 0.3) is 6.08 Å². The van der Waals surface area contributed by atoms with Crippen molar-refractivity contribution in [1.82, 2.24) is 20.0 Å². The highest BCUT2D eigenvalue weighted by Crippen LogP contribution is 2.26. The monoisotopic (exact) mass is 297 g/mol. The van der Waals surface area contributed by atoms with Gasteiger partial charge in [-0.2, -0.15) is 20.0 Å². The van der Waals surface area contributed by atoms with E-state index in [2.05, 4.69) is 27.0 Å². The van der Waals surface area contributed by atoms with Crippen molar-refractivity contribution in [3.05, 3.63) is 41.5 Å². The third-order valence-corrected chi connectivity index (χ3v) is 3.05. The van der Waals surface area contributed by atoms with Gasteiger partial charge in [-0.05, 0) is 11.6 Å². The van der Waals surface area contributed by atoms with Crippen LogP contribution in [0.4, 0.5) is 17.8 Å². The van der Waals surface area contributed by atoms with Crippen LogP contribution in [-0.2, 0) is 0 Å². The van der Waals surface area contributed by atoms with Crippen LogP contribution in [0.1, 0.15) is 26.3 Å². The van der Waals surface area contributed by atoms with Gasteiger partial charge >= 0.3 is 0 Å². The van der Waals surface area contributed by atoms with E-state index < -0.39 is 11.8 Å². The smallest absolute Gasteiger partial charge is 0.281 e. The molecular weight excluding hydrogens is 286 g/mol. The van der Waals surface area contributed by atoms with Crippen molar-refractivity contribution in [3.8, 4) is 0 Å². The molecule has 1 aromatic heterocycles.